The minimum atomic E-state index is -0.565. The summed E-state index contributed by atoms with van der Waals surface area (Å²) in [6, 6.07) is 35.3. The SMILES string of the molecule is [2H]c1cc([2H])c2c(c1[2H])c1c([2H])c([2H])c([2H])c([2H])c1n2-c1ccccc1-c1nc(-c2cccc(-c3cccc4c3oc3ccc(-c5cccc6c5oc5ccccc56)cc34)c2)nc(-c2c([2H])c([2H])c3c(sc4c([2H])c([2H])c([2H])c([2H])c43)c2[2H])n1. The Hall–Kier alpha value is -9.17. The molecule has 5 aromatic heterocycles. The summed E-state index contributed by atoms with van der Waals surface area (Å²) in [6.07, 6.45) is 0. The second kappa shape index (κ2) is 15.2. The zero-order valence-electron chi connectivity index (χ0n) is 50.2. The van der Waals surface area contributed by atoms with Gasteiger partial charge in [0.2, 0.25) is 0 Å². The molecule has 326 valence electrons. The number of benzene rings is 10. The van der Waals surface area contributed by atoms with Crippen LogP contribution in [0.15, 0.2) is 227 Å². The normalized spacial score (nSPS) is 14.8. The van der Waals surface area contributed by atoms with Crippen LogP contribution in [0.5, 0.6) is 0 Å². The third kappa shape index (κ3) is 5.95. The number of hydrogen-bond acceptors (Lipinski definition) is 6. The lowest BCUT2D eigenvalue weighted by Gasteiger charge is -2.15. The highest BCUT2D eigenvalue weighted by Gasteiger charge is 2.21. The van der Waals surface area contributed by atoms with Crippen molar-refractivity contribution in [2.45, 2.75) is 0 Å². The Morgan fingerprint density at radius 3 is 1.87 bits per heavy atom. The molecule has 0 aliphatic heterocycles. The minimum Gasteiger partial charge on any atom is -0.455 e. The van der Waals surface area contributed by atoms with Gasteiger partial charge < -0.3 is 13.4 Å². The van der Waals surface area contributed by atoms with Gasteiger partial charge in [0.05, 0.1) is 35.9 Å². The van der Waals surface area contributed by atoms with Gasteiger partial charge in [0, 0.05) is 80.3 Å². The van der Waals surface area contributed by atoms with Gasteiger partial charge in [-0.05, 0) is 71.7 Å². The first-order valence-corrected chi connectivity index (χ1v) is 23.1. The second-order valence-electron chi connectivity index (χ2n) is 16.8. The lowest BCUT2D eigenvalue weighted by molar-refractivity contribution is 0.669. The van der Waals surface area contributed by atoms with Crippen molar-refractivity contribution in [2.75, 3.05) is 0 Å². The first kappa shape index (κ1) is 27.6. The molecule has 0 aliphatic rings. The number of fused-ring (bicyclic) bond motifs is 12. The molecule has 0 saturated heterocycles. The molecule has 5 heterocycles. The van der Waals surface area contributed by atoms with E-state index >= 15 is 0 Å². The van der Waals surface area contributed by atoms with E-state index in [0.717, 1.165) is 60.7 Å². The number of nitrogens with zero attached hydrogens (tertiary/aromatic N) is 4. The van der Waals surface area contributed by atoms with E-state index in [1.54, 1.807) is 30.3 Å². The van der Waals surface area contributed by atoms with Crippen molar-refractivity contribution in [3.63, 3.8) is 0 Å². The summed E-state index contributed by atoms with van der Waals surface area (Å²) in [6.45, 7) is 0. The number of para-hydroxylation sites is 6. The van der Waals surface area contributed by atoms with Gasteiger partial charge in [0.1, 0.15) is 22.3 Å². The third-order valence-corrected chi connectivity index (χ3v) is 13.9. The first-order chi connectivity index (χ1) is 40.5. The van der Waals surface area contributed by atoms with Crippen LogP contribution in [0.4, 0.5) is 0 Å². The molecule has 0 radical (unpaired) electrons. The predicted molar refractivity (Wildman–Crippen MR) is 289 cm³/mol. The van der Waals surface area contributed by atoms with Crippen LogP contribution in [0.25, 0.3) is 148 Å². The quantitative estimate of drug-likeness (QED) is 0.166. The molecule has 0 bridgehead atoms. The maximum absolute atomic E-state index is 9.76. The molecule has 70 heavy (non-hydrogen) atoms. The molecule has 7 heteroatoms. The Labute approximate surface area is 423 Å². The molecule has 0 atom stereocenters. The van der Waals surface area contributed by atoms with Crippen LogP contribution in [0.1, 0.15) is 19.2 Å². The molecule has 0 N–H and O–H groups in total. The van der Waals surface area contributed by atoms with Gasteiger partial charge in [0.25, 0.3) is 0 Å². The molecule has 6 nitrogen and oxygen atoms in total. The highest BCUT2D eigenvalue weighted by atomic mass is 32.1. The minimum absolute atomic E-state index is 0.0135. The van der Waals surface area contributed by atoms with Crippen molar-refractivity contribution >= 4 is 97.2 Å². The van der Waals surface area contributed by atoms with Gasteiger partial charge >= 0.3 is 0 Å². The summed E-state index contributed by atoms with van der Waals surface area (Å²) in [7, 11) is 0. The van der Waals surface area contributed by atoms with E-state index in [1.165, 1.54) is 10.6 Å². The van der Waals surface area contributed by atoms with E-state index in [1.807, 2.05) is 84.9 Å². The maximum Gasteiger partial charge on any atom is 0.166 e. The fourth-order valence-corrected chi connectivity index (χ4v) is 10.7. The van der Waals surface area contributed by atoms with Crippen LogP contribution < -0.4 is 0 Å². The third-order valence-electron chi connectivity index (χ3n) is 12.9. The zero-order chi connectivity index (χ0) is 58.0. The van der Waals surface area contributed by atoms with Crippen LogP contribution in [0.3, 0.4) is 0 Å². The van der Waals surface area contributed by atoms with E-state index in [9.17, 15) is 6.85 Å². The molecule has 0 unspecified atom stereocenters. The first-order valence-electron chi connectivity index (χ1n) is 29.3. The van der Waals surface area contributed by atoms with Gasteiger partial charge in [-0.1, -0.05) is 157 Å². The largest absolute Gasteiger partial charge is 0.455 e. The van der Waals surface area contributed by atoms with Crippen LogP contribution in [-0.4, -0.2) is 19.5 Å². The van der Waals surface area contributed by atoms with Gasteiger partial charge in [-0.3, -0.25) is 0 Å². The summed E-state index contributed by atoms with van der Waals surface area (Å²) in [5, 5.41) is 3.73. The van der Waals surface area contributed by atoms with Crippen LogP contribution in [0.2, 0.25) is 0 Å². The van der Waals surface area contributed by atoms with Crippen LogP contribution >= 0.6 is 11.3 Å². The Kier molecular flexibility index (Phi) is 5.98. The van der Waals surface area contributed by atoms with Gasteiger partial charge in [-0.15, -0.1) is 11.3 Å². The second-order valence-corrected chi connectivity index (χ2v) is 17.8. The number of rotatable bonds is 6. The predicted octanol–water partition coefficient (Wildman–Crippen LogP) is 17.5. The van der Waals surface area contributed by atoms with Gasteiger partial charge in [-0.25, -0.2) is 15.0 Å². The summed E-state index contributed by atoms with van der Waals surface area (Å²) in [4.78, 5) is 15.0. The van der Waals surface area contributed by atoms with Crippen molar-refractivity contribution in [1.82, 2.24) is 19.5 Å². The van der Waals surface area contributed by atoms with Gasteiger partial charge in [-0.2, -0.15) is 0 Å². The van der Waals surface area contributed by atoms with E-state index < -0.39 is 54.4 Å². The smallest absolute Gasteiger partial charge is 0.166 e. The average molecular weight is 927 g/mol. The van der Waals surface area contributed by atoms with Crippen molar-refractivity contribution in [3.05, 3.63) is 218 Å². The van der Waals surface area contributed by atoms with E-state index in [2.05, 4.69) is 12.1 Å². The molecule has 0 fully saturated rings. The lowest BCUT2D eigenvalue weighted by Crippen LogP contribution is -2.03. The molecule has 0 amide bonds. The molecule has 10 aromatic carbocycles. The van der Waals surface area contributed by atoms with Crippen molar-refractivity contribution in [2.24, 2.45) is 0 Å². The van der Waals surface area contributed by atoms with E-state index in [0.29, 0.717) is 22.3 Å². The summed E-state index contributed by atoms with van der Waals surface area (Å²) >= 11 is 0.901. The maximum atomic E-state index is 9.76. The van der Waals surface area contributed by atoms with Gasteiger partial charge in [0.15, 0.2) is 17.5 Å². The topological polar surface area (TPSA) is 69.9 Å². The fourth-order valence-electron chi connectivity index (χ4n) is 9.71. The molecular formula is C63H36N4O2S. The van der Waals surface area contributed by atoms with E-state index in [-0.39, 0.29) is 106 Å². The average Bonchev–Trinajstić information content (AvgIpc) is 2.26. The molecule has 0 spiro atoms. The monoisotopic (exact) mass is 926 g/mol. The fraction of sp³-hybridized carbons (Fsp3) is 0. The van der Waals surface area contributed by atoms with Crippen molar-refractivity contribution in [3.8, 4) is 62.1 Å². The molecule has 0 saturated carbocycles. The standard InChI is InChI=1S/C63H36N4O2S/c1-6-25-52-43(16-1)44-17-2-7-26-53(44)67(52)54-27-8-3-20-50(54)63-65-61(64-62(66-63)40-30-32-47-46-19-5-10-29-57(46)70-58(47)36-40)39-15-11-14-37(34-39)41-21-13-24-49-51-35-38(31-33-56(51)69-60(41)49)42-22-12-23-48-45-18-4-9-28-55(45)68-59(42)48/h1-36H/i1D,2D,5D,6D,10D,16D,17D,19D,25D,26D,29D,30D,32D,36D. The van der Waals surface area contributed by atoms with Crippen molar-refractivity contribution in [1.29, 1.82) is 0 Å². The Balaban J connectivity index is 0.955. The molecule has 15 aromatic rings. The Morgan fingerprint density at radius 2 is 1.00 bits per heavy atom. The summed E-state index contributed by atoms with van der Waals surface area (Å²) in [5.41, 5.74) is 6.82. The molecule has 0 aliphatic carbocycles. The summed E-state index contributed by atoms with van der Waals surface area (Å²) < 4.78 is 141. The number of thiophene rings is 1. The number of furan rings is 2. The van der Waals surface area contributed by atoms with Crippen LogP contribution in [-0.2, 0) is 0 Å². The summed E-state index contributed by atoms with van der Waals surface area (Å²) in [5.74, 6) is -0.230. The molecule has 15 rings (SSSR count). The Bertz CT molecular complexity index is 5480. The zero-order valence-corrected chi connectivity index (χ0v) is 37.0. The highest BCUT2D eigenvalue weighted by Crippen LogP contribution is 2.43. The lowest BCUT2D eigenvalue weighted by atomic mass is 9.98. The number of hydrogen-bond donors (Lipinski definition) is 0. The molecular weight excluding hydrogens is 877 g/mol. The number of aromatic nitrogens is 4. The Morgan fingerprint density at radius 1 is 0.386 bits per heavy atom. The van der Waals surface area contributed by atoms with E-state index in [4.69, 9.17) is 36.1 Å². The van der Waals surface area contributed by atoms with Crippen molar-refractivity contribution < 1.29 is 28.0 Å². The highest BCUT2D eigenvalue weighted by molar-refractivity contribution is 7.25. The van der Waals surface area contributed by atoms with Crippen LogP contribution in [0, 0.1) is 0 Å².